The van der Waals surface area contributed by atoms with Crippen LogP contribution in [0, 0.1) is 17.8 Å². The number of phenols is 1. The summed E-state index contributed by atoms with van der Waals surface area (Å²) < 4.78 is 11.6. The van der Waals surface area contributed by atoms with E-state index >= 15 is 0 Å². The van der Waals surface area contributed by atoms with Crippen LogP contribution < -0.4 is 14.5 Å². The highest BCUT2D eigenvalue weighted by Crippen LogP contribution is 2.57. The molecule has 4 atom stereocenters. The minimum atomic E-state index is -0.797. The van der Waals surface area contributed by atoms with Crippen molar-refractivity contribution in [1.29, 1.82) is 0 Å². The molecular formula is C33H28Br2N2O7. The molecule has 2 aromatic rings. The number of allylic oxidation sites excluding steroid dienone is 6. The zero-order valence-electron chi connectivity index (χ0n) is 23.7. The summed E-state index contributed by atoms with van der Waals surface area (Å²) in [6.45, 7) is 2.84. The zero-order chi connectivity index (χ0) is 30.9. The number of Topliss-reactive ketones (excluding diaryl/α,β-unsaturated/α-hetero) is 1. The molecule has 44 heavy (non-hydrogen) atoms. The Balaban J connectivity index is 1.29. The fourth-order valence-electron chi connectivity index (χ4n) is 7.42. The van der Waals surface area contributed by atoms with Crippen molar-refractivity contribution in [2.75, 3.05) is 43.2 Å². The topological polar surface area (TPSA) is 113 Å². The second-order valence-corrected chi connectivity index (χ2v) is 13.3. The minimum absolute atomic E-state index is 0.140. The van der Waals surface area contributed by atoms with Crippen molar-refractivity contribution in [3.05, 3.63) is 79.8 Å². The predicted molar refractivity (Wildman–Crippen MR) is 169 cm³/mol. The lowest BCUT2D eigenvalue weighted by molar-refractivity contribution is -0.123. The first-order valence-electron chi connectivity index (χ1n) is 14.5. The number of hydrogen-bond acceptors (Lipinski definition) is 8. The van der Waals surface area contributed by atoms with Gasteiger partial charge in [-0.3, -0.25) is 24.1 Å². The smallest absolute Gasteiger partial charge is 0.238 e. The van der Waals surface area contributed by atoms with Gasteiger partial charge in [0, 0.05) is 52.0 Å². The monoisotopic (exact) mass is 722 g/mol. The lowest BCUT2D eigenvalue weighted by Crippen LogP contribution is -2.39. The van der Waals surface area contributed by atoms with Crippen LogP contribution in [0.4, 0.5) is 11.4 Å². The Kier molecular flexibility index (Phi) is 7.37. The molecule has 226 valence electrons. The third kappa shape index (κ3) is 4.50. The Hall–Kier alpha value is -3.54. The molecule has 0 saturated carbocycles. The first kappa shape index (κ1) is 29.2. The average molecular weight is 724 g/mol. The molecule has 2 fully saturated rings. The van der Waals surface area contributed by atoms with Crippen LogP contribution in [-0.2, 0) is 23.9 Å². The number of aromatic hydroxyl groups is 1. The number of carbonyl (C=O) groups excluding carboxylic acids is 4. The highest BCUT2D eigenvalue weighted by molar-refractivity contribution is 9.12. The van der Waals surface area contributed by atoms with E-state index in [0.29, 0.717) is 40.9 Å². The number of hydrogen-bond donors (Lipinski definition) is 1. The number of ether oxygens (including phenoxy) is 2. The number of fused-ring (bicyclic) bond motifs is 3. The van der Waals surface area contributed by atoms with E-state index in [0.717, 1.165) is 24.4 Å². The first-order chi connectivity index (χ1) is 21.2. The minimum Gasteiger partial charge on any atom is -0.504 e. The van der Waals surface area contributed by atoms with Crippen LogP contribution in [0.25, 0.3) is 0 Å². The number of anilines is 2. The number of nitrogens with zero attached hydrogens (tertiary/aromatic N) is 2. The second kappa shape index (κ2) is 11.1. The molecule has 2 saturated heterocycles. The Labute approximate surface area is 270 Å². The lowest BCUT2D eigenvalue weighted by atomic mass is 9.59. The van der Waals surface area contributed by atoms with Crippen molar-refractivity contribution in [2.45, 2.75) is 18.8 Å². The van der Waals surface area contributed by atoms with Crippen LogP contribution in [0.1, 0.15) is 24.3 Å². The predicted octanol–water partition coefficient (Wildman–Crippen LogP) is 4.97. The maximum atomic E-state index is 14.2. The summed E-state index contributed by atoms with van der Waals surface area (Å²) in [5.74, 6) is -3.85. The Morgan fingerprint density at radius 1 is 0.955 bits per heavy atom. The SMILES string of the molecule is COc1cc(Br)cc(C2C3=CCC4C(=O)N(c5ccc(N6CCOCC6)cc5)C(=O)C4C3CC3=C2C(=O)C=C(Br)C3=O)c1O. The van der Waals surface area contributed by atoms with Crippen LogP contribution in [0.3, 0.4) is 0 Å². The number of carbonyl (C=O) groups is 4. The zero-order valence-corrected chi connectivity index (χ0v) is 26.9. The largest absolute Gasteiger partial charge is 0.504 e. The normalized spacial score (nSPS) is 26.7. The van der Waals surface area contributed by atoms with Crippen molar-refractivity contribution >= 4 is 66.6 Å². The summed E-state index contributed by atoms with van der Waals surface area (Å²) in [5, 5.41) is 11.3. The highest BCUT2D eigenvalue weighted by Gasteiger charge is 2.57. The van der Waals surface area contributed by atoms with Crippen LogP contribution in [0.15, 0.2) is 74.2 Å². The van der Waals surface area contributed by atoms with E-state index < -0.39 is 23.7 Å². The number of halogens is 2. The number of benzene rings is 2. The third-order valence-corrected chi connectivity index (χ3v) is 10.5. The summed E-state index contributed by atoms with van der Waals surface area (Å²) in [7, 11) is 1.43. The van der Waals surface area contributed by atoms with Crippen molar-refractivity contribution < 1.29 is 33.8 Å². The molecule has 2 heterocycles. The Morgan fingerprint density at radius 3 is 2.36 bits per heavy atom. The van der Waals surface area contributed by atoms with Crippen LogP contribution in [0.5, 0.6) is 11.5 Å². The second-order valence-electron chi connectivity index (χ2n) is 11.6. The fraction of sp³-hybridized carbons (Fsp3) is 0.333. The maximum absolute atomic E-state index is 14.2. The van der Waals surface area contributed by atoms with Gasteiger partial charge in [-0.15, -0.1) is 0 Å². The summed E-state index contributed by atoms with van der Waals surface area (Å²) in [6.07, 6.45) is 3.63. The van der Waals surface area contributed by atoms with Crippen LogP contribution in [-0.4, -0.2) is 61.9 Å². The molecule has 9 nitrogen and oxygen atoms in total. The van der Waals surface area contributed by atoms with Crippen LogP contribution >= 0.6 is 31.9 Å². The van der Waals surface area contributed by atoms with E-state index in [9.17, 15) is 24.3 Å². The Morgan fingerprint density at radius 2 is 1.66 bits per heavy atom. The van der Waals surface area contributed by atoms with Gasteiger partial charge in [-0.05, 0) is 71.1 Å². The number of methoxy groups -OCH3 is 1. The van der Waals surface area contributed by atoms with E-state index in [2.05, 4.69) is 36.8 Å². The number of morpholine rings is 1. The third-order valence-electron chi connectivity index (χ3n) is 9.42. The molecule has 0 aromatic heterocycles. The van der Waals surface area contributed by atoms with Gasteiger partial charge in [0.05, 0.1) is 42.3 Å². The van der Waals surface area contributed by atoms with E-state index in [1.54, 1.807) is 24.3 Å². The lowest BCUT2D eigenvalue weighted by Gasteiger charge is -2.42. The standard InChI is InChI=1S/C33H28Br2N2O7/c1-43-26-13-16(34)12-22(31(26)40)27-19-6-7-20-28(21(19)14-23-29(27)25(38)15-24(35)30(23)39)33(42)37(32(20)41)18-4-2-17(3-5-18)36-8-10-44-11-9-36/h2-6,12-13,15,20-21,27-28,40H,7-11,14H2,1H3. The average Bonchev–Trinajstić information content (AvgIpc) is 3.29. The van der Waals surface area contributed by atoms with Gasteiger partial charge in [-0.25, -0.2) is 0 Å². The van der Waals surface area contributed by atoms with Gasteiger partial charge in [-0.2, -0.15) is 0 Å². The van der Waals surface area contributed by atoms with Gasteiger partial charge in [0.2, 0.25) is 11.8 Å². The molecule has 1 N–H and O–H groups in total. The molecule has 0 radical (unpaired) electrons. The molecular weight excluding hydrogens is 696 g/mol. The van der Waals surface area contributed by atoms with Gasteiger partial charge in [0.25, 0.3) is 0 Å². The van der Waals surface area contributed by atoms with E-state index in [-0.39, 0.29) is 51.4 Å². The molecule has 7 rings (SSSR count). The summed E-state index contributed by atoms with van der Waals surface area (Å²) >= 11 is 6.73. The van der Waals surface area contributed by atoms with Crippen molar-refractivity contribution in [3.8, 4) is 11.5 Å². The van der Waals surface area contributed by atoms with Crippen molar-refractivity contribution in [2.24, 2.45) is 17.8 Å². The molecule has 3 aliphatic carbocycles. The number of ketones is 2. The highest BCUT2D eigenvalue weighted by atomic mass is 79.9. The molecule has 4 unspecified atom stereocenters. The van der Waals surface area contributed by atoms with Crippen LogP contribution in [0.2, 0.25) is 0 Å². The fourth-order valence-corrected chi connectivity index (χ4v) is 8.32. The number of amides is 2. The summed E-state index contributed by atoms with van der Waals surface area (Å²) in [4.78, 5) is 58.5. The van der Waals surface area contributed by atoms with Gasteiger partial charge in [0.15, 0.2) is 23.1 Å². The molecule has 0 spiro atoms. The van der Waals surface area contributed by atoms with Crippen molar-refractivity contribution in [1.82, 2.24) is 0 Å². The van der Waals surface area contributed by atoms with Gasteiger partial charge < -0.3 is 19.5 Å². The Bertz CT molecular complexity index is 1720. The van der Waals surface area contributed by atoms with E-state index in [4.69, 9.17) is 9.47 Å². The van der Waals surface area contributed by atoms with Gasteiger partial charge in [-0.1, -0.05) is 27.6 Å². The first-order valence-corrected chi connectivity index (χ1v) is 16.0. The van der Waals surface area contributed by atoms with Gasteiger partial charge >= 0.3 is 0 Å². The number of phenolic OH excluding ortho intramolecular Hbond substituents is 1. The van der Waals surface area contributed by atoms with E-state index in [1.807, 2.05) is 18.2 Å². The molecule has 2 aromatic carbocycles. The molecule has 5 aliphatic rings. The summed E-state index contributed by atoms with van der Waals surface area (Å²) in [5.41, 5.74) is 3.21. The number of rotatable bonds is 4. The van der Waals surface area contributed by atoms with Crippen molar-refractivity contribution in [3.63, 3.8) is 0 Å². The molecule has 11 heteroatoms. The quantitative estimate of drug-likeness (QED) is 0.268. The number of imide groups is 1. The van der Waals surface area contributed by atoms with Gasteiger partial charge in [0.1, 0.15) is 0 Å². The molecule has 0 bridgehead atoms. The molecule has 2 aliphatic heterocycles. The molecule has 2 amide bonds. The van der Waals surface area contributed by atoms with E-state index in [1.165, 1.54) is 18.1 Å². The maximum Gasteiger partial charge on any atom is 0.238 e. The summed E-state index contributed by atoms with van der Waals surface area (Å²) in [6, 6.07) is 10.8.